The molecular formula is C18H23ClN4OS. The lowest BCUT2D eigenvalue weighted by atomic mass is 10.2. The summed E-state index contributed by atoms with van der Waals surface area (Å²) in [5.41, 5.74) is 1.89. The van der Waals surface area contributed by atoms with Gasteiger partial charge in [-0.05, 0) is 32.9 Å². The minimum Gasteiger partial charge on any atom is -0.338 e. The number of nitrogens with zero attached hydrogens (tertiary/aromatic N) is 4. The van der Waals surface area contributed by atoms with Crippen molar-refractivity contribution >= 4 is 29.3 Å². The molecule has 0 N–H and O–H groups in total. The number of thioether (sulfide) groups is 1. The zero-order valence-electron chi connectivity index (χ0n) is 14.8. The van der Waals surface area contributed by atoms with Gasteiger partial charge in [0.15, 0.2) is 11.0 Å². The molecule has 25 heavy (non-hydrogen) atoms. The third-order valence-corrected chi connectivity index (χ3v) is 4.82. The van der Waals surface area contributed by atoms with Crippen molar-refractivity contribution in [2.75, 3.05) is 18.8 Å². The molecule has 1 amide bonds. The van der Waals surface area contributed by atoms with E-state index in [-0.39, 0.29) is 5.91 Å². The molecule has 0 radical (unpaired) electrons. The Balaban J connectivity index is 2.13. The molecule has 0 fully saturated rings. The quantitative estimate of drug-likeness (QED) is 0.511. The van der Waals surface area contributed by atoms with E-state index in [2.05, 4.69) is 16.8 Å². The molecule has 5 nitrogen and oxygen atoms in total. The van der Waals surface area contributed by atoms with Gasteiger partial charge in [-0.3, -0.25) is 4.79 Å². The standard InChI is InChI=1S/C18H23ClN4OS/c1-5-22(11-13(3)4)16(24)12-25-18-21-20-17(23(18)6-2)14-8-7-9-15(19)10-14/h7-10H,3,5-6,11-12H2,1-2,4H3. The molecule has 0 unspecified atom stereocenters. The highest BCUT2D eigenvalue weighted by atomic mass is 35.5. The van der Waals surface area contributed by atoms with E-state index < -0.39 is 0 Å². The van der Waals surface area contributed by atoms with Crippen LogP contribution in [0.4, 0.5) is 0 Å². The number of halogens is 1. The molecule has 7 heteroatoms. The normalized spacial score (nSPS) is 10.7. The van der Waals surface area contributed by atoms with Gasteiger partial charge in [0.25, 0.3) is 0 Å². The van der Waals surface area contributed by atoms with Gasteiger partial charge in [0.2, 0.25) is 5.91 Å². The number of hydrogen-bond donors (Lipinski definition) is 0. The Morgan fingerprint density at radius 1 is 1.36 bits per heavy atom. The van der Waals surface area contributed by atoms with E-state index in [0.717, 1.165) is 22.1 Å². The predicted molar refractivity (Wildman–Crippen MR) is 104 cm³/mol. The fraction of sp³-hybridized carbons (Fsp3) is 0.389. The van der Waals surface area contributed by atoms with Crippen LogP contribution in [0.1, 0.15) is 20.8 Å². The zero-order valence-corrected chi connectivity index (χ0v) is 16.4. The number of hydrogen-bond acceptors (Lipinski definition) is 4. The Morgan fingerprint density at radius 3 is 2.72 bits per heavy atom. The first-order valence-corrected chi connectivity index (χ1v) is 9.56. The maximum atomic E-state index is 12.4. The van der Waals surface area contributed by atoms with Crippen molar-refractivity contribution in [1.82, 2.24) is 19.7 Å². The van der Waals surface area contributed by atoms with Crippen LogP contribution in [0.3, 0.4) is 0 Å². The van der Waals surface area contributed by atoms with E-state index in [4.69, 9.17) is 11.6 Å². The summed E-state index contributed by atoms with van der Waals surface area (Å²) in [5.74, 6) is 1.16. The number of aromatic nitrogens is 3. The number of benzene rings is 1. The smallest absolute Gasteiger partial charge is 0.233 e. The van der Waals surface area contributed by atoms with Gasteiger partial charge < -0.3 is 9.47 Å². The lowest BCUT2D eigenvalue weighted by Gasteiger charge is -2.20. The molecule has 2 rings (SSSR count). The molecule has 0 spiro atoms. The topological polar surface area (TPSA) is 51.0 Å². The molecule has 0 aliphatic rings. The summed E-state index contributed by atoms with van der Waals surface area (Å²) in [6, 6.07) is 7.53. The number of amides is 1. The van der Waals surface area contributed by atoms with Crippen LogP contribution in [0, 0.1) is 0 Å². The van der Waals surface area contributed by atoms with E-state index in [1.54, 1.807) is 4.90 Å². The van der Waals surface area contributed by atoms with Gasteiger partial charge in [0.1, 0.15) is 0 Å². The third-order valence-electron chi connectivity index (χ3n) is 3.64. The average Bonchev–Trinajstić information content (AvgIpc) is 3.00. The average molecular weight is 379 g/mol. The van der Waals surface area contributed by atoms with Crippen LogP contribution >= 0.6 is 23.4 Å². The third kappa shape index (κ3) is 5.09. The Bertz CT molecular complexity index is 759. The van der Waals surface area contributed by atoms with E-state index in [9.17, 15) is 4.79 Å². The van der Waals surface area contributed by atoms with E-state index in [0.29, 0.717) is 30.4 Å². The van der Waals surface area contributed by atoms with Crippen molar-refractivity contribution in [2.24, 2.45) is 0 Å². The van der Waals surface area contributed by atoms with Crippen LogP contribution in [-0.4, -0.2) is 44.4 Å². The van der Waals surface area contributed by atoms with Crippen LogP contribution < -0.4 is 0 Å². The summed E-state index contributed by atoms with van der Waals surface area (Å²) in [4.78, 5) is 14.2. The summed E-state index contributed by atoms with van der Waals surface area (Å²) >= 11 is 7.48. The highest BCUT2D eigenvalue weighted by Gasteiger charge is 2.17. The second-order valence-electron chi connectivity index (χ2n) is 5.71. The molecule has 1 aromatic heterocycles. The number of likely N-dealkylation sites (N-methyl/N-ethyl adjacent to an activating group) is 1. The van der Waals surface area contributed by atoms with Gasteiger partial charge in [-0.15, -0.1) is 10.2 Å². The van der Waals surface area contributed by atoms with Crippen LogP contribution in [0.5, 0.6) is 0 Å². The summed E-state index contributed by atoms with van der Waals surface area (Å²) in [6.45, 7) is 11.8. The molecule has 1 heterocycles. The van der Waals surface area contributed by atoms with Crippen molar-refractivity contribution in [3.8, 4) is 11.4 Å². The summed E-state index contributed by atoms with van der Waals surface area (Å²) in [7, 11) is 0. The van der Waals surface area contributed by atoms with Gasteiger partial charge in [0.05, 0.1) is 5.75 Å². The van der Waals surface area contributed by atoms with Crippen molar-refractivity contribution in [2.45, 2.75) is 32.5 Å². The Labute approximate surface area is 158 Å². The molecule has 0 atom stereocenters. The van der Waals surface area contributed by atoms with Gasteiger partial charge in [0, 0.05) is 30.2 Å². The number of carbonyl (C=O) groups excluding carboxylic acids is 1. The van der Waals surface area contributed by atoms with Gasteiger partial charge in [-0.1, -0.05) is 47.6 Å². The maximum absolute atomic E-state index is 12.4. The highest BCUT2D eigenvalue weighted by Crippen LogP contribution is 2.26. The van der Waals surface area contributed by atoms with Gasteiger partial charge in [-0.2, -0.15) is 0 Å². The van der Waals surface area contributed by atoms with Crippen molar-refractivity contribution < 1.29 is 4.79 Å². The SMILES string of the molecule is C=C(C)CN(CC)C(=O)CSc1nnc(-c2cccc(Cl)c2)n1CC. The fourth-order valence-corrected chi connectivity index (χ4v) is 3.54. The molecule has 0 aliphatic heterocycles. The molecule has 0 saturated carbocycles. The second kappa shape index (κ2) is 9.06. The van der Waals surface area contributed by atoms with Crippen molar-refractivity contribution in [1.29, 1.82) is 0 Å². The molecule has 0 saturated heterocycles. The predicted octanol–water partition coefficient (Wildman–Crippen LogP) is 4.14. The Kier molecular flexibility index (Phi) is 7.08. The highest BCUT2D eigenvalue weighted by molar-refractivity contribution is 7.99. The molecule has 134 valence electrons. The lowest BCUT2D eigenvalue weighted by Crippen LogP contribution is -2.33. The van der Waals surface area contributed by atoms with Crippen molar-refractivity contribution in [3.05, 3.63) is 41.4 Å². The molecule has 2 aromatic rings. The largest absolute Gasteiger partial charge is 0.338 e. The van der Waals surface area contributed by atoms with Gasteiger partial charge >= 0.3 is 0 Å². The van der Waals surface area contributed by atoms with E-state index >= 15 is 0 Å². The lowest BCUT2D eigenvalue weighted by molar-refractivity contribution is -0.127. The molecular weight excluding hydrogens is 356 g/mol. The molecule has 1 aromatic carbocycles. The maximum Gasteiger partial charge on any atom is 0.233 e. The van der Waals surface area contributed by atoms with Crippen LogP contribution in [0.2, 0.25) is 5.02 Å². The van der Waals surface area contributed by atoms with Crippen molar-refractivity contribution in [3.63, 3.8) is 0 Å². The Morgan fingerprint density at radius 2 is 2.12 bits per heavy atom. The second-order valence-corrected chi connectivity index (χ2v) is 7.09. The monoisotopic (exact) mass is 378 g/mol. The number of rotatable bonds is 8. The Hall–Kier alpha value is -1.79. The minimum absolute atomic E-state index is 0.0745. The molecule has 0 aliphatic carbocycles. The van der Waals surface area contributed by atoms with Crippen LogP contribution in [0.25, 0.3) is 11.4 Å². The first-order chi connectivity index (χ1) is 12.0. The summed E-state index contributed by atoms with van der Waals surface area (Å²) in [5, 5.41) is 9.93. The fourth-order valence-electron chi connectivity index (χ4n) is 2.44. The number of carbonyl (C=O) groups is 1. The first kappa shape index (κ1) is 19.5. The van der Waals surface area contributed by atoms with Crippen LogP contribution in [-0.2, 0) is 11.3 Å². The minimum atomic E-state index is 0.0745. The van der Waals surface area contributed by atoms with E-state index in [1.165, 1.54) is 11.8 Å². The van der Waals surface area contributed by atoms with Crippen LogP contribution in [0.15, 0.2) is 41.6 Å². The zero-order chi connectivity index (χ0) is 18.4. The van der Waals surface area contributed by atoms with E-state index in [1.807, 2.05) is 49.6 Å². The summed E-state index contributed by atoms with van der Waals surface area (Å²) in [6.07, 6.45) is 0. The summed E-state index contributed by atoms with van der Waals surface area (Å²) < 4.78 is 2.00. The van der Waals surface area contributed by atoms with Gasteiger partial charge in [-0.25, -0.2) is 0 Å². The first-order valence-electron chi connectivity index (χ1n) is 8.20. The molecule has 0 bridgehead atoms.